The van der Waals surface area contributed by atoms with Crippen LogP contribution in [-0.4, -0.2) is 25.0 Å². The quantitative estimate of drug-likeness (QED) is 0.865. The van der Waals surface area contributed by atoms with E-state index in [2.05, 4.69) is 4.90 Å². The van der Waals surface area contributed by atoms with Crippen molar-refractivity contribution in [1.82, 2.24) is 0 Å². The predicted molar refractivity (Wildman–Crippen MR) is 97.9 cm³/mol. The highest BCUT2D eigenvalue weighted by Gasteiger charge is 2.38. The van der Waals surface area contributed by atoms with Crippen molar-refractivity contribution < 1.29 is 18.0 Å². The summed E-state index contributed by atoms with van der Waals surface area (Å²) in [6.45, 7) is 1.35. The second-order valence-corrected chi connectivity index (χ2v) is 7.11. The first-order chi connectivity index (χ1) is 12.8. The number of anilines is 3. The molecule has 1 fully saturated rings. The third kappa shape index (κ3) is 3.22. The lowest BCUT2D eigenvalue weighted by atomic mass is 9.87. The summed E-state index contributed by atoms with van der Waals surface area (Å²) < 4.78 is 38.6. The molecule has 7 heteroatoms. The number of carbonyl (C=O) groups excluding carboxylic acids is 1. The van der Waals surface area contributed by atoms with Gasteiger partial charge >= 0.3 is 6.18 Å². The summed E-state index contributed by atoms with van der Waals surface area (Å²) in [6.07, 6.45) is -2.98. The van der Waals surface area contributed by atoms with E-state index in [1.807, 2.05) is 29.2 Å². The van der Waals surface area contributed by atoms with Gasteiger partial charge in [-0.15, -0.1) is 0 Å². The Balaban J connectivity index is 1.69. The Bertz CT molecular complexity index is 850. The van der Waals surface area contributed by atoms with E-state index < -0.39 is 11.7 Å². The largest absolute Gasteiger partial charge is 0.416 e. The highest BCUT2D eigenvalue weighted by Crippen LogP contribution is 2.43. The summed E-state index contributed by atoms with van der Waals surface area (Å²) in [6, 6.07) is 13.2. The van der Waals surface area contributed by atoms with Crippen LogP contribution in [0.2, 0.25) is 0 Å². The molecule has 2 aromatic carbocycles. The van der Waals surface area contributed by atoms with Crippen LogP contribution in [0, 0.1) is 5.92 Å². The van der Waals surface area contributed by atoms with Gasteiger partial charge in [0.05, 0.1) is 16.9 Å². The molecule has 0 saturated carbocycles. The average molecular weight is 375 g/mol. The molecular weight excluding hydrogens is 355 g/mol. The van der Waals surface area contributed by atoms with Gasteiger partial charge in [0.2, 0.25) is 5.91 Å². The predicted octanol–water partition coefficient (Wildman–Crippen LogP) is 3.93. The lowest BCUT2D eigenvalue weighted by Crippen LogP contribution is -2.53. The van der Waals surface area contributed by atoms with Gasteiger partial charge in [0, 0.05) is 30.7 Å². The molecular formula is C20H20F3N3O. The van der Waals surface area contributed by atoms with E-state index in [4.69, 9.17) is 5.73 Å². The Kier molecular flexibility index (Phi) is 4.25. The summed E-state index contributed by atoms with van der Waals surface area (Å²) >= 11 is 0. The molecule has 27 heavy (non-hydrogen) atoms. The molecule has 2 heterocycles. The van der Waals surface area contributed by atoms with Crippen molar-refractivity contribution in [2.24, 2.45) is 11.7 Å². The Morgan fingerprint density at radius 3 is 2.33 bits per heavy atom. The number of halogens is 3. The van der Waals surface area contributed by atoms with E-state index in [9.17, 15) is 18.0 Å². The normalized spacial score (nSPS) is 22.2. The topological polar surface area (TPSA) is 49.6 Å². The summed E-state index contributed by atoms with van der Waals surface area (Å²) in [5.74, 6) is -0.444. The summed E-state index contributed by atoms with van der Waals surface area (Å²) in [4.78, 5) is 16.0. The molecule has 1 amide bonds. The van der Waals surface area contributed by atoms with Gasteiger partial charge in [-0.3, -0.25) is 4.79 Å². The minimum atomic E-state index is -4.35. The van der Waals surface area contributed by atoms with E-state index in [0.717, 1.165) is 36.5 Å². The van der Waals surface area contributed by atoms with Gasteiger partial charge in [0.15, 0.2) is 0 Å². The highest BCUT2D eigenvalue weighted by molar-refractivity contribution is 5.81. The fourth-order valence-electron chi connectivity index (χ4n) is 4.12. The number of fused-ring (bicyclic) bond motifs is 3. The van der Waals surface area contributed by atoms with Crippen molar-refractivity contribution in [3.63, 3.8) is 0 Å². The van der Waals surface area contributed by atoms with Gasteiger partial charge in [0.25, 0.3) is 0 Å². The standard InChI is InChI=1S/C20H20F3N3O/c21-20(22,23)14-5-7-15(8-6-14)26-12-16-11-13(19(24)27)9-10-25(16)17-3-1-2-4-18(17)26/h1-8,13,16H,9-12H2,(H2,24,27). The van der Waals surface area contributed by atoms with Gasteiger partial charge in [-0.25, -0.2) is 0 Å². The van der Waals surface area contributed by atoms with E-state index in [1.54, 1.807) is 0 Å². The van der Waals surface area contributed by atoms with Crippen LogP contribution in [0.3, 0.4) is 0 Å². The number of piperidine rings is 1. The molecule has 4 nitrogen and oxygen atoms in total. The highest BCUT2D eigenvalue weighted by atomic mass is 19.4. The lowest BCUT2D eigenvalue weighted by Gasteiger charge is -2.48. The van der Waals surface area contributed by atoms with Crippen molar-refractivity contribution in [3.8, 4) is 0 Å². The van der Waals surface area contributed by atoms with Gasteiger partial charge in [0.1, 0.15) is 0 Å². The van der Waals surface area contributed by atoms with Crippen LogP contribution < -0.4 is 15.5 Å². The number of benzene rings is 2. The maximum Gasteiger partial charge on any atom is 0.416 e. The second-order valence-electron chi connectivity index (χ2n) is 7.11. The molecule has 0 aromatic heterocycles. The van der Waals surface area contributed by atoms with Crippen LogP contribution in [0.15, 0.2) is 48.5 Å². The van der Waals surface area contributed by atoms with Crippen LogP contribution in [0.5, 0.6) is 0 Å². The van der Waals surface area contributed by atoms with Crippen molar-refractivity contribution in [3.05, 3.63) is 54.1 Å². The number of para-hydroxylation sites is 2. The van der Waals surface area contributed by atoms with Crippen LogP contribution in [0.1, 0.15) is 18.4 Å². The number of hydrogen-bond donors (Lipinski definition) is 1. The van der Waals surface area contributed by atoms with Crippen molar-refractivity contribution in [2.75, 3.05) is 22.9 Å². The number of hydrogen-bond acceptors (Lipinski definition) is 3. The number of rotatable bonds is 2. The maximum atomic E-state index is 12.9. The fraction of sp³-hybridized carbons (Fsp3) is 0.350. The zero-order valence-electron chi connectivity index (χ0n) is 14.6. The van der Waals surface area contributed by atoms with E-state index in [1.165, 1.54) is 12.1 Å². The third-order valence-electron chi connectivity index (χ3n) is 5.50. The smallest absolute Gasteiger partial charge is 0.369 e. The number of amides is 1. The Labute approximate surface area is 155 Å². The van der Waals surface area contributed by atoms with E-state index in [0.29, 0.717) is 18.7 Å². The van der Waals surface area contributed by atoms with E-state index in [-0.39, 0.29) is 17.9 Å². The Morgan fingerprint density at radius 1 is 1.04 bits per heavy atom. The number of primary amides is 1. The molecule has 2 aromatic rings. The molecule has 1 saturated heterocycles. The van der Waals surface area contributed by atoms with Gasteiger partial charge in [-0.05, 0) is 49.2 Å². The third-order valence-corrected chi connectivity index (χ3v) is 5.50. The van der Waals surface area contributed by atoms with Crippen LogP contribution in [0.25, 0.3) is 0 Å². The molecule has 2 unspecified atom stereocenters. The van der Waals surface area contributed by atoms with Crippen molar-refractivity contribution in [2.45, 2.75) is 25.1 Å². The SMILES string of the molecule is NC(=O)C1CCN2c3ccccc3N(c3ccc(C(F)(F)F)cc3)CC2C1. The van der Waals surface area contributed by atoms with E-state index >= 15 is 0 Å². The fourth-order valence-corrected chi connectivity index (χ4v) is 4.12. The molecule has 2 aliphatic rings. The van der Waals surface area contributed by atoms with Crippen molar-refractivity contribution >= 4 is 23.0 Å². The first kappa shape index (κ1) is 17.7. The average Bonchev–Trinajstić information content (AvgIpc) is 2.66. The van der Waals surface area contributed by atoms with Crippen LogP contribution in [-0.2, 0) is 11.0 Å². The van der Waals surface area contributed by atoms with Crippen molar-refractivity contribution in [1.29, 1.82) is 0 Å². The molecule has 2 aliphatic heterocycles. The number of nitrogens with zero attached hydrogens (tertiary/aromatic N) is 2. The molecule has 4 rings (SSSR count). The molecule has 0 spiro atoms. The summed E-state index contributed by atoms with van der Waals surface area (Å²) in [5, 5.41) is 0. The zero-order chi connectivity index (χ0) is 19.2. The lowest BCUT2D eigenvalue weighted by molar-refractivity contribution is -0.137. The van der Waals surface area contributed by atoms with Crippen LogP contribution in [0.4, 0.5) is 30.2 Å². The molecule has 0 aliphatic carbocycles. The maximum absolute atomic E-state index is 12.9. The molecule has 142 valence electrons. The number of carbonyl (C=O) groups is 1. The van der Waals surface area contributed by atoms with Gasteiger partial charge < -0.3 is 15.5 Å². The molecule has 2 N–H and O–H groups in total. The minimum absolute atomic E-state index is 0.0912. The minimum Gasteiger partial charge on any atom is -0.369 e. The molecule has 0 radical (unpaired) electrons. The van der Waals surface area contributed by atoms with Gasteiger partial charge in [-0.1, -0.05) is 12.1 Å². The molecule has 0 bridgehead atoms. The number of nitrogens with two attached hydrogens (primary N) is 1. The first-order valence-electron chi connectivity index (χ1n) is 8.94. The first-order valence-corrected chi connectivity index (χ1v) is 8.94. The van der Waals surface area contributed by atoms with Gasteiger partial charge in [-0.2, -0.15) is 13.2 Å². The summed E-state index contributed by atoms with van der Waals surface area (Å²) in [5.41, 5.74) is 7.55. The summed E-state index contributed by atoms with van der Waals surface area (Å²) in [7, 11) is 0. The Morgan fingerprint density at radius 2 is 1.70 bits per heavy atom. The molecule has 2 atom stereocenters. The zero-order valence-corrected chi connectivity index (χ0v) is 14.6. The monoisotopic (exact) mass is 375 g/mol. The second kappa shape index (κ2) is 6.48. The number of alkyl halides is 3. The Hall–Kier alpha value is -2.70. The van der Waals surface area contributed by atoms with Crippen LogP contribution >= 0.6 is 0 Å².